The van der Waals surface area contributed by atoms with Crippen LogP contribution in [0.5, 0.6) is 0 Å². The summed E-state index contributed by atoms with van der Waals surface area (Å²) in [6, 6.07) is 4.30. The van der Waals surface area contributed by atoms with Gasteiger partial charge in [0.1, 0.15) is 10.8 Å². The third kappa shape index (κ3) is 3.57. The molecule has 0 aliphatic heterocycles. The van der Waals surface area contributed by atoms with Crippen LogP contribution in [0.2, 0.25) is 5.02 Å². The molecule has 8 heteroatoms. The van der Waals surface area contributed by atoms with E-state index in [2.05, 4.69) is 9.97 Å². The van der Waals surface area contributed by atoms with E-state index in [-0.39, 0.29) is 16.8 Å². The van der Waals surface area contributed by atoms with Crippen LogP contribution < -0.4 is 5.73 Å². The first kappa shape index (κ1) is 15.4. The molecule has 1 unspecified atom stereocenters. The second-order valence-electron chi connectivity index (χ2n) is 4.49. The molecule has 3 N–H and O–H groups in total. The highest BCUT2D eigenvalue weighted by Crippen LogP contribution is 2.29. The van der Waals surface area contributed by atoms with Crippen LogP contribution in [0.15, 0.2) is 24.4 Å². The predicted molar refractivity (Wildman–Crippen MR) is 79.1 cm³/mol. The van der Waals surface area contributed by atoms with Gasteiger partial charge in [0.15, 0.2) is 0 Å². The van der Waals surface area contributed by atoms with Crippen LogP contribution in [0.25, 0.3) is 11.3 Å². The number of H-pyrrole nitrogens is 1. The van der Waals surface area contributed by atoms with Crippen LogP contribution in [-0.4, -0.2) is 28.6 Å². The number of benzene rings is 1. The zero-order valence-corrected chi connectivity index (χ0v) is 12.1. The van der Waals surface area contributed by atoms with Crippen molar-refractivity contribution in [3.05, 3.63) is 45.4 Å². The van der Waals surface area contributed by atoms with Crippen molar-refractivity contribution < 1.29 is 9.66 Å². The second kappa shape index (κ2) is 6.66. The van der Waals surface area contributed by atoms with Crippen LogP contribution in [0, 0.1) is 10.1 Å². The lowest BCUT2D eigenvalue weighted by molar-refractivity contribution is -0.384. The number of halogens is 1. The minimum absolute atomic E-state index is 0.0975. The first-order valence-electron chi connectivity index (χ1n) is 6.26. The van der Waals surface area contributed by atoms with Crippen molar-refractivity contribution in [2.45, 2.75) is 12.5 Å². The molecule has 0 saturated heterocycles. The fourth-order valence-corrected chi connectivity index (χ4v) is 2.06. The largest absolute Gasteiger partial charge is 0.385 e. The highest BCUT2D eigenvalue weighted by atomic mass is 35.5. The molecule has 0 spiro atoms. The molecule has 0 fully saturated rings. The van der Waals surface area contributed by atoms with Crippen LogP contribution in [0.1, 0.15) is 18.3 Å². The summed E-state index contributed by atoms with van der Waals surface area (Å²) in [4.78, 5) is 17.6. The molecule has 1 heterocycles. The number of nitrogens with two attached hydrogens (primary N) is 1. The normalized spacial score (nSPS) is 12.3. The highest BCUT2D eigenvalue weighted by Gasteiger charge is 2.16. The molecular weight excluding hydrogens is 296 g/mol. The van der Waals surface area contributed by atoms with Gasteiger partial charge in [0.2, 0.25) is 0 Å². The van der Waals surface area contributed by atoms with Gasteiger partial charge in [-0.25, -0.2) is 4.98 Å². The van der Waals surface area contributed by atoms with Gasteiger partial charge >= 0.3 is 0 Å². The zero-order chi connectivity index (χ0) is 15.4. The van der Waals surface area contributed by atoms with Crippen LogP contribution >= 0.6 is 11.6 Å². The second-order valence-corrected chi connectivity index (χ2v) is 4.90. The summed E-state index contributed by atoms with van der Waals surface area (Å²) < 4.78 is 4.97. The lowest BCUT2D eigenvalue weighted by Gasteiger charge is -2.07. The summed E-state index contributed by atoms with van der Waals surface area (Å²) in [6.07, 6.45) is 2.22. The molecule has 0 amide bonds. The molecule has 7 nitrogen and oxygen atoms in total. The van der Waals surface area contributed by atoms with Gasteiger partial charge in [-0.15, -0.1) is 0 Å². The van der Waals surface area contributed by atoms with Gasteiger partial charge in [-0.05, 0) is 12.5 Å². The van der Waals surface area contributed by atoms with Crippen LogP contribution in [0.3, 0.4) is 0 Å². The molecule has 2 aromatic rings. The molecule has 0 bridgehead atoms. The van der Waals surface area contributed by atoms with Gasteiger partial charge in [-0.2, -0.15) is 0 Å². The Balaban J connectivity index is 2.25. The van der Waals surface area contributed by atoms with E-state index in [0.717, 1.165) is 0 Å². The van der Waals surface area contributed by atoms with Gasteiger partial charge < -0.3 is 15.5 Å². The Kier molecular flexibility index (Phi) is 4.89. The average molecular weight is 311 g/mol. The van der Waals surface area contributed by atoms with Crippen molar-refractivity contribution in [1.29, 1.82) is 0 Å². The zero-order valence-electron chi connectivity index (χ0n) is 11.4. The van der Waals surface area contributed by atoms with Crippen LogP contribution in [0.4, 0.5) is 5.69 Å². The minimum atomic E-state index is -0.520. The van der Waals surface area contributed by atoms with Crippen molar-refractivity contribution in [3.8, 4) is 11.3 Å². The van der Waals surface area contributed by atoms with E-state index in [1.165, 1.54) is 12.1 Å². The van der Waals surface area contributed by atoms with E-state index in [4.69, 9.17) is 22.1 Å². The molecule has 21 heavy (non-hydrogen) atoms. The number of imidazole rings is 1. The Hall–Kier alpha value is -1.96. The van der Waals surface area contributed by atoms with E-state index in [1.807, 2.05) is 0 Å². The smallest absolute Gasteiger partial charge is 0.288 e. The van der Waals surface area contributed by atoms with Crippen molar-refractivity contribution in [2.24, 2.45) is 5.73 Å². The van der Waals surface area contributed by atoms with Crippen LogP contribution in [-0.2, 0) is 4.74 Å². The average Bonchev–Trinajstić information content (AvgIpc) is 2.94. The number of nitrogens with zero attached hydrogens (tertiary/aromatic N) is 2. The maximum Gasteiger partial charge on any atom is 0.288 e. The Labute approximate surface area is 126 Å². The number of nitrogens with one attached hydrogen (secondary N) is 1. The van der Waals surface area contributed by atoms with Crippen molar-refractivity contribution in [2.75, 3.05) is 13.7 Å². The summed E-state index contributed by atoms with van der Waals surface area (Å²) >= 11 is 5.79. The minimum Gasteiger partial charge on any atom is -0.385 e. The third-order valence-electron chi connectivity index (χ3n) is 3.03. The Morgan fingerprint density at radius 3 is 3.00 bits per heavy atom. The lowest BCUT2D eigenvalue weighted by atomic mass is 10.1. The van der Waals surface area contributed by atoms with Crippen molar-refractivity contribution >= 4 is 17.3 Å². The molecule has 1 aromatic carbocycles. The van der Waals surface area contributed by atoms with E-state index in [9.17, 15) is 10.1 Å². The maximum absolute atomic E-state index is 10.9. The molecule has 0 saturated carbocycles. The number of methoxy groups -OCH3 is 1. The maximum atomic E-state index is 10.9. The number of ether oxygens (including phenoxy) is 1. The topological polar surface area (TPSA) is 107 Å². The summed E-state index contributed by atoms with van der Waals surface area (Å²) in [5, 5.41) is 11.0. The Bertz CT molecular complexity index is 644. The van der Waals surface area contributed by atoms with Gasteiger partial charge in [0.25, 0.3) is 5.69 Å². The summed E-state index contributed by atoms with van der Waals surface area (Å²) in [5.41, 5.74) is 7.11. The van der Waals surface area contributed by atoms with Gasteiger partial charge in [0, 0.05) is 25.3 Å². The van der Waals surface area contributed by atoms with Crippen molar-refractivity contribution in [3.63, 3.8) is 0 Å². The first-order valence-corrected chi connectivity index (χ1v) is 6.64. The summed E-state index contributed by atoms with van der Waals surface area (Å²) in [6.45, 7) is 0.531. The van der Waals surface area contributed by atoms with Gasteiger partial charge in [-0.3, -0.25) is 10.1 Å². The molecule has 1 aromatic heterocycles. The molecule has 0 aliphatic rings. The quantitative estimate of drug-likeness (QED) is 0.630. The lowest BCUT2D eigenvalue weighted by Crippen LogP contribution is -2.14. The van der Waals surface area contributed by atoms with Gasteiger partial charge in [0.05, 0.1) is 22.9 Å². The first-order chi connectivity index (χ1) is 10.0. The number of aromatic nitrogens is 2. The molecule has 0 radical (unpaired) electrons. The van der Waals surface area contributed by atoms with Gasteiger partial charge in [-0.1, -0.05) is 17.7 Å². The number of hydrogen-bond acceptors (Lipinski definition) is 5. The number of nitro groups is 1. The Morgan fingerprint density at radius 2 is 2.33 bits per heavy atom. The molecule has 112 valence electrons. The predicted octanol–water partition coefficient (Wildman–Crippen LogP) is 2.67. The van der Waals surface area contributed by atoms with Crippen molar-refractivity contribution in [1.82, 2.24) is 9.97 Å². The SMILES string of the molecule is COCCC(N)c1ncc(-c2ccc(Cl)c([N+](=O)[O-])c2)[nH]1. The van der Waals surface area contributed by atoms with E-state index in [0.29, 0.717) is 30.1 Å². The number of aromatic amines is 1. The van der Waals surface area contributed by atoms with E-state index in [1.54, 1.807) is 19.4 Å². The molecular formula is C13H15ClN4O3. The molecule has 0 aliphatic carbocycles. The molecule has 2 rings (SSSR count). The number of rotatable bonds is 6. The standard InChI is InChI=1S/C13H15ClN4O3/c1-21-5-4-10(15)13-16-7-11(17-13)8-2-3-9(14)12(6-8)18(19)20/h2-3,6-7,10H,4-5,15H2,1H3,(H,16,17). The third-order valence-corrected chi connectivity index (χ3v) is 3.35. The fraction of sp³-hybridized carbons (Fsp3) is 0.308. The number of nitro benzene ring substituents is 1. The number of hydrogen-bond donors (Lipinski definition) is 2. The molecule has 1 atom stereocenters. The van der Waals surface area contributed by atoms with E-state index < -0.39 is 4.92 Å². The Morgan fingerprint density at radius 1 is 1.57 bits per heavy atom. The van der Waals surface area contributed by atoms with E-state index >= 15 is 0 Å². The monoisotopic (exact) mass is 310 g/mol. The highest BCUT2D eigenvalue weighted by molar-refractivity contribution is 6.32. The summed E-state index contributed by atoms with van der Waals surface area (Å²) in [5.74, 6) is 0.611. The summed E-state index contributed by atoms with van der Waals surface area (Å²) in [7, 11) is 1.60. The fourth-order valence-electron chi connectivity index (χ4n) is 1.87.